The Kier molecular flexibility index (Phi) is 4.38. The molecular formula is C18H17N3O4. The molecule has 0 amide bonds. The number of anilines is 1. The number of fused-ring (bicyclic) bond motifs is 1. The second-order valence-corrected chi connectivity index (χ2v) is 5.17. The number of carbonyl (C=O) groups excluding carboxylic acids is 1. The normalized spacial score (nSPS) is 10.5. The first-order valence-corrected chi connectivity index (χ1v) is 7.46. The number of nitrogens with two attached hydrogens (primary N) is 1. The Morgan fingerprint density at radius 3 is 2.24 bits per heavy atom. The van der Waals surface area contributed by atoms with E-state index in [1.54, 1.807) is 6.07 Å². The fourth-order valence-electron chi connectivity index (χ4n) is 2.54. The Hall–Kier alpha value is -3.35. The molecule has 0 saturated heterocycles. The summed E-state index contributed by atoms with van der Waals surface area (Å²) in [4.78, 5) is 21.3. The summed E-state index contributed by atoms with van der Waals surface area (Å²) in [5.41, 5.74) is 8.34. The molecule has 3 rings (SSSR count). The van der Waals surface area contributed by atoms with Crippen LogP contribution in [0.15, 0.2) is 36.4 Å². The number of methoxy groups -OCH3 is 3. The molecule has 2 N–H and O–H groups in total. The van der Waals surface area contributed by atoms with Gasteiger partial charge in [-0.2, -0.15) is 0 Å². The van der Waals surface area contributed by atoms with Crippen LogP contribution in [0.2, 0.25) is 0 Å². The number of esters is 1. The maximum atomic E-state index is 12.2. The zero-order chi connectivity index (χ0) is 18.0. The van der Waals surface area contributed by atoms with Crippen LogP contribution in [0.25, 0.3) is 22.3 Å². The highest BCUT2D eigenvalue weighted by Gasteiger charge is 2.22. The van der Waals surface area contributed by atoms with Gasteiger partial charge in [-0.3, -0.25) is 0 Å². The molecule has 1 heterocycles. The lowest BCUT2D eigenvalue weighted by Crippen LogP contribution is -2.10. The Balaban J connectivity index is 2.41. The molecule has 0 unspecified atom stereocenters. The van der Waals surface area contributed by atoms with Gasteiger partial charge >= 0.3 is 5.97 Å². The van der Waals surface area contributed by atoms with Crippen molar-refractivity contribution in [3.8, 4) is 22.8 Å². The molecule has 0 radical (unpaired) electrons. The molecule has 0 bridgehead atoms. The summed E-state index contributed by atoms with van der Waals surface area (Å²) in [6.07, 6.45) is 0. The number of hydrogen-bond donors (Lipinski definition) is 1. The largest absolute Gasteiger partial charge is 0.494 e. The summed E-state index contributed by atoms with van der Waals surface area (Å²) in [7, 11) is 4.30. The first kappa shape index (κ1) is 16.5. The lowest BCUT2D eigenvalue weighted by atomic mass is 10.1. The van der Waals surface area contributed by atoms with Gasteiger partial charge in [0.2, 0.25) is 0 Å². The number of nitrogen functional groups attached to an aromatic ring is 1. The van der Waals surface area contributed by atoms with Crippen molar-refractivity contribution in [3.05, 3.63) is 42.1 Å². The molecule has 7 nitrogen and oxygen atoms in total. The predicted octanol–water partition coefficient (Wildman–Crippen LogP) is 2.68. The minimum Gasteiger partial charge on any atom is -0.494 e. The number of hydrogen-bond acceptors (Lipinski definition) is 7. The minimum absolute atomic E-state index is 0.0724. The summed E-state index contributed by atoms with van der Waals surface area (Å²) in [5, 5.41) is 0. The standard InChI is InChI=1S/C18H17N3O4/c1-23-11-9-12(24-2)15-16(13(11)19)21-17(18(22)25-3)14(20-15)10-7-5-4-6-8-10/h4-9H,19H2,1-3H3. The predicted molar refractivity (Wildman–Crippen MR) is 93.8 cm³/mol. The summed E-state index contributed by atoms with van der Waals surface area (Å²) in [6, 6.07) is 10.9. The number of carbonyl (C=O) groups is 1. The molecule has 0 spiro atoms. The van der Waals surface area contributed by atoms with Crippen molar-refractivity contribution < 1.29 is 19.0 Å². The monoisotopic (exact) mass is 339 g/mol. The highest BCUT2D eigenvalue weighted by atomic mass is 16.5. The molecule has 128 valence electrons. The van der Waals surface area contributed by atoms with Crippen molar-refractivity contribution in [2.24, 2.45) is 0 Å². The van der Waals surface area contributed by atoms with Crippen molar-refractivity contribution in [1.82, 2.24) is 9.97 Å². The number of rotatable bonds is 4. The first-order chi connectivity index (χ1) is 12.1. The zero-order valence-corrected chi connectivity index (χ0v) is 14.1. The lowest BCUT2D eigenvalue weighted by molar-refractivity contribution is 0.0595. The third-order valence-electron chi connectivity index (χ3n) is 3.78. The summed E-state index contributed by atoms with van der Waals surface area (Å²) < 4.78 is 15.5. The van der Waals surface area contributed by atoms with Crippen molar-refractivity contribution in [1.29, 1.82) is 0 Å². The van der Waals surface area contributed by atoms with E-state index in [1.807, 2.05) is 30.3 Å². The fourth-order valence-corrected chi connectivity index (χ4v) is 2.54. The molecule has 0 atom stereocenters. The van der Waals surface area contributed by atoms with E-state index in [0.717, 1.165) is 5.56 Å². The van der Waals surface area contributed by atoms with Gasteiger partial charge in [0.05, 0.1) is 21.3 Å². The summed E-state index contributed by atoms with van der Waals surface area (Å²) in [5.74, 6) is 0.235. The number of nitrogens with zero attached hydrogens (tertiary/aromatic N) is 2. The maximum Gasteiger partial charge on any atom is 0.358 e. The maximum absolute atomic E-state index is 12.2. The van der Waals surface area contributed by atoms with Crippen LogP contribution < -0.4 is 15.2 Å². The van der Waals surface area contributed by atoms with Crippen molar-refractivity contribution in [2.75, 3.05) is 27.1 Å². The quantitative estimate of drug-likeness (QED) is 0.576. The second-order valence-electron chi connectivity index (χ2n) is 5.17. The van der Waals surface area contributed by atoms with Gasteiger partial charge in [-0.25, -0.2) is 14.8 Å². The van der Waals surface area contributed by atoms with E-state index >= 15 is 0 Å². The molecule has 3 aromatic rings. The summed E-state index contributed by atoms with van der Waals surface area (Å²) >= 11 is 0. The smallest absolute Gasteiger partial charge is 0.358 e. The highest BCUT2D eigenvalue weighted by Crippen LogP contribution is 2.37. The van der Waals surface area contributed by atoms with Crippen LogP contribution in [-0.2, 0) is 4.74 Å². The van der Waals surface area contributed by atoms with Crippen LogP contribution in [0.4, 0.5) is 5.69 Å². The first-order valence-electron chi connectivity index (χ1n) is 7.46. The Labute approximate surface area is 144 Å². The third kappa shape index (κ3) is 2.80. The lowest BCUT2D eigenvalue weighted by Gasteiger charge is -2.14. The van der Waals surface area contributed by atoms with E-state index in [2.05, 4.69) is 9.97 Å². The number of ether oxygens (including phenoxy) is 3. The van der Waals surface area contributed by atoms with Crippen LogP contribution >= 0.6 is 0 Å². The van der Waals surface area contributed by atoms with Crippen molar-refractivity contribution in [3.63, 3.8) is 0 Å². The zero-order valence-electron chi connectivity index (χ0n) is 14.1. The van der Waals surface area contributed by atoms with E-state index in [0.29, 0.717) is 28.2 Å². The van der Waals surface area contributed by atoms with Crippen LogP contribution in [0.5, 0.6) is 11.5 Å². The van der Waals surface area contributed by atoms with E-state index < -0.39 is 5.97 Å². The van der Waals surface area contributed by atoms with E-state index in [9.17, 15) is 4.79 Å². The number of aromatic nitrogens is 2. The van der Waals surface area contributed by atoms with Crippen LogP contribution in [0, 0.1) is 0 Å². The van der Waals surface area contributed by atoms with E-state index in [4.69, 9.17) is 19.9 Å². The van der Waals surface area contributed by atoms with Crippen LogP contribution in [0.1, 0.15) is 10.5 Å². The van der Waals surface area contributed by atoms with Gasteiger partial charge in [0.15, 0.2) is 11.4 Å². The Morgan fingerprint density at radius 2 is 1.64 bits per heavy atom. The molecule has 0 aliphatic rings. The molecule has 0 aliphatic heterocycles. The van der Waals surface area contributed by atoms with Crippen LogP contribution in [-0.4, -0.2) is 37.3 Å². The molecule has 2 aromatic carbocycles. The van der Waals surface area contributed by atoms with Gasteiger partial charge < -0.3 is 19.9 Å². The topological polar surface area (TPSA) is 96.6 Å². The van der Waals surface area contributed by atoms with Gasteiger partial charge in [0.25, 0.3) is 0 Å². The van der Waals surface area contributed by atoms with Gasteiger partial charge in [-0.15, -0.1) is 0 Å². The van der Waals surface area contributed by atoms with Gasteiger partial charge in [0, 0.05) is 11.6 Å². The third-order valence-corrected chi connectivity index (χ3v) is 3.78. The Bertz CT molecular complexity index is 942. The fraction of sp³-hybridized carbons (Fsp3) is 0.167. The van der Waals surface area contributed by atoms with Gasteiger partial charge in [-0.05, 0) is 0 Å². The average molecular weight is 339 g/mol. The van der Waals surface area contributed by atoms with E-state index in [1.165, 1.54) is 21.3 Å². The SMILES string of the molecule is COC(=O)c1nc2c(N)c(OC)cc(OC)c2nc1-c1ccccc1. The molecule has 1 aromatic heterocycles. The molecule has 0 fully saturated rings. The molecule has 0 saturated carbocycles. The second kappa shape index (κ2) is 6.64. The average Bonchev–Trinajstić information content (AvgIpc) is 2.67. The van der Waals surface area contributed by atoms with E-state index in [-0.39, 0.29) is 11.4 Å². The van der Waals surface area contributed by atoms with Crippen molar-refractivity contribution in [2.45, 2.75) is 0 Å². The highest BCUT2D eigenvalue weighted by molar-refractivity contribution is 6.01. The van der Waals surface area contributed by atoms with Gasteiger partial charge in [-0.1, -0.05) is 30.3 Å². The van der Waals surface area contributed by atoms with Crippen molar-refractivity contribution >= 4 is 22.7 Å². The molecule has 25 heavy (non-hydrogen) atoms. The minimum atomic E-state index is -0.602. The number of benzene rings is 2. The molecule has 0 aliphatic carbocycles. The molecule has 7 heteroatoms. The van der Waals surface area contributed by atoms with Gasteiger partial charge in [0.1, 0.15) is 28.2 Å². The summed E-state index contributed by atoms with van der Waals surface area (Å²) in [6.45, 7) is 0. The molecular weight excluding hydrogens is 322 g/mol. The Morgan fingerprint density at radius 1 is 0.960 bits per heavy atom. The van der Waals surface area contributed by atoms with Crippen LogP contribution in [0.3, 0.4) is 0 Å².